The van der Waals surface area contributed by atoms with E-state index < -0.39 is 4.92 Å². The number of aromatic amines is 1. The second kappa shape index (κ2) is 8.03. The van der Waals surface area contributed by atoms with E-state index in [1.807, 2.05) is 41.8 Å². The maximum Gasteiger partial charge on any atom is 0.311 e. The molecule has 0 saturated carbocycles. The highest BCUT2D eigenvalue weighted by atomic mass is 32.1. The van der Waals surface area contributed by atoms with Crippen LogP contribution in [0.5, 0.6) is 5.75 Å². The van der Waals surface area contributed by atoms with Gasteiger partial charge in [0.2, 0.25) is 0 Å². The molecule has 0 bridgehead atoms. The number of nitro benzene ring substituents is 1. The van der Waals surface area contributed by atoms with Gasteiger partial charge in [-0.3, -0.25) is 19.3 Å². The molecule has 5 aromatic rings. The van der Waals surface area contributed by atoms with E-state index in [-0.39, 0.29) is 17.2 Å². The summed E-state index contributed by atoms with van der Waals surface area (Å²) in [6.45, 7) is 1.97. The van der Waals surface area contributed by atoms with Crippen LogP contribution in [0.3, 0.4) is 0 Å². The van der Waals surface area contributed by atoms with E-state index in [1.165, 1.54) is 30.6 Å². The van der Waals surface area contributed by atoms with Crippen molar-refractivity contribution in [3.63, 3.8) is 0 Å². The molecular weight excluding hydrogens is 440 g/mol. The number of imidazole rings is 1. The zero-order valence-corrected chi connectivity index (χ0v) is 18.6. The van der Waals surface area contributed by atoms with Crippen molar-refractivity contribution in [1.82, 2.24) is 14.4 Å². The number of hydrogen-bond donors (Lipinski definition) is 1. The molecule has 0 aliphatic heterocycles. The summed E-state index contributed by atoms with van der Waals surface area (Å²) >= 11 is 1.50. The van der Waals surface area contributed by atoms with Crippen molar-refractivity contribution in [2.45, 2.75) is 6.92 Å². The number of para-hydroxylation sites is 1. The lowest BCUT2D eigenvalue weighted by Crippen LogP contribution is -1.95. The van der Waals surface area contributed by atoms with Crippen molar-refractivity contribution < 1.29 is 14.5 Å². The maximum atomic E-state index is 13.0. The first-order chi connectivity index (χ1) is 16.0. The number of nitro groups is 1. The molecule has 8 nitrogen and oxygen atoms in total. The Labute approximate surface area is 191 Å². The van der Waals surface area contributed by atoms with Crippen molar-refractivity contribution in [3.05, 3.63) is 87.2 Å². The summed E-state index contributed by atoms with van der Waals surface area (Å²) in [7, 11) is 1.39. The number of ketones is 1. The van der Waals surface area contributed by atoms with Gasteiger partial charge in [0.1, 0.15) is 0 Å². The van der Waals surface area contributed by atoms with Crippen LogP contribution in [0.4, 0.5) is 5.69 Å². The summed E-state index contributed by atoms with van der Waals surface area (Å²) in [5.74, 6) is 0.0215. The number of carbonyl (C=O) groups is 1. The molecule has 0 amide bonds. The second-order valence-electron chi connectivity index (χ2n) is 7.43. The van der Waals surface area contributed by atoms with Gasteiger partial charge in [0.15, 0.2) is 16.5 Å². The molecular formula is C24H18N4O4S. The minimum atomic E-state index is -0.485. The van der Waals surface area contributed by atoms with Crippen LogP contribution in [0.15, 0.2) is 60.9 Å². The lowest BCUT2D eigenvalue weighted by molar-refractivity contribution is -0.385. The number of carbonyl (C=O) groups excluding carboxylic acids is 1. The molecule has 0 unspecified atom stereocenters. The number of nitrogens with zero attached hydrogens (tertiary/aromatic N) is 3. The molecule has 2 aromatic carbocycles. The summed E-state index contributed by atoms with van der Waals surface area (Å²) in [6.07, 6.45) is 6.85. The van der Waals surface area contributed by atoms with Crippen LogP contribution in [0.25, 0.3) is 33.2 Å². The minimum Gasteiger partial charge on any atom is -0.490 e. The molecule has 33 heavy (non-hydrogen) atoms. The maximum absolute atomic E-state index is 13.0. The normalized spacial score (nSPS) is 11.6. The SMILES string of the molecule is COc1ccc(-c2nc3sc(C)cn3c2C=CC(=O)c2c[nH]c3ccccc23)cc1[N+](=O)[O-]. The van der Waals surface area contributed by atoms with Crippen LogP contribution in [0.1, 0.15) is 20.9 Å². The number of thiazole rings is 1. The van der Waals surface area contributed by atoms with E-state index >= 15 is 0 Å². The Hall–Kier alpha value is -4.24. The average Bonchev–Trinajstić information content (AvgIpc) is 3.49. The third kappa shape index (κ3) is 3.58. The average molecular weight is 458 g/mol. The van der Waals surface area contributed by atoms with Crippen LogP contribution in [-0.4, -0.2) is 32.2 Å². The zero-order valence-electron chi connectivity index (χ0n) is 17.7. The zero-order chi connectivity index (χ0) is 23.1. The van der Waals surface area contributed by atoms with E-state index in [1.54, 1.807) is 24.4 Å². The van der Waals surface area contributed by atoms with Gasteiger partial charge in [-0.2, -0.15) is 0 Å². The Morgan fingerprint density at radius 2 is 2.09 bits per heavy atom. The molecule has 1 N–H and O–H groups in total. The molecule has 0 aliphatic rings. The highest BCUT2D eigenvalue weighted by molar-refractivity contribution is 7.17. The van der Waals surface area contributed by atoms with Gasteiger partial charge in [-0.15, -0.1) is 11.3 Å². The Morgan fingerprint density at radius 3 is 2.88 bits per heavy atom. The van der Waals surface area contributed by atoms with Gasteiger partial charge < -0.3 is 9.72 Å². The van der Waals surface area contributed by atoms with Crippen LogP contribution in [-0.2, 0) is 0 Å². The highest BCUT2D eigenvalue weighted by Crippen LogP contribution is 2.35. The fourth-order valence-electron chi connectivity index (χ4n) is 3.84. The van der Waals surface area contributed by atoms with Crippen LogP contribution < -0.4 is 4.74 Å². The van der Waals surface area contributed by atoms with Crippen molar-refractivity contribution in [2.24, 2.45) is 0 Å². The Balaban J connectivity index is 1.61. The van der Waals surface area contributed by atoms with Gasteiger partial charge in [0.25, 0.3) is 0 Å². The van der Waals surface area contributed by atoms with E-state index in [0.717, 1.165) is 20.7 Å². The summed E-state index contributed by atoms with van der Waals surface area (Å²) in [6, 6.07) is 12.3. The summed E-state index contributed by atoms with van der Waals surface area (Å²) < 4.78 is 7.01. The lowest BCUT2D eigenvalue weighted by Gasteiger charge is -2.05. The van der Waals surface area contributed by atoms with Gasteiger partial charge in [-0.25, -0.2) is 4.98 Å². The van der Waals surface area contributed by atoms with Gasteiger partial charge in [-0.05, 0) is 37.3 Å². The Morgan fingerprint density at radius 1 is 1.27 bits per heavy atom. The van der Waals surface area contributed by atoms with E-state index in [9.17, 15) is 14.9 Å². The number of aryl methyl sites for hydroxylation is 1. The highest BCUT2D eigenvalue weighted by Gasteiger charge is 2.20. The molecule has 0 atom stereocenters. The molecule has 0 spiro atoms. The number of allylic oxidation sites excluding steroid dienone is 1. The molecule has 0 saturated heterocycles. The molecule has 3 heterocycles. The smallest absolute Gasteiger partial charge is 0.311 e. The summed E-state index contributed by atoms with van der Waals surface area (Å²) in [5, 5.41) is 12.4. The Bertz CT molecular complexity index is 1570. The Kier molecular flexibility index (Phi) is 5.02. The van der Waals surface area contributed by atoms with E-state index in [2.05, 4.69) is 4.98 Å². The second-order valence-corrected chi connectivity index (χ2v) is 8.64. The summed E-state index contributed by atoms with van der Waals surface area (Å²) in [5.41, 5.74) is 3.10. The molecule has 3 aromatic heterocycles. The van der Waals surface area contributed by atoms with Gasteiger partial charge >= 0.3 is 5.69 Å². The third-order valence-electron chi connectivity index (χ3n) is 5.38. The number of fused-ring (bicyclic) bond motifs is 2. The molecule has 0 radical (unpaired) electrons. The number of rotatable bonds is 6. The van der Waals surface area contributed by atoms with Gasteiger partial charge in [-0.1, -0.05) is 18.2 Å². The largest absolute Gasteiger partial charge is 0.490 e. The summed E-state index contributed by atoms with van der Waals surface area (Å²) in [4.78, 5) is 33.6. The third-order valence-corrected chi connectivity index (χ3v) is 6.27. The molecule has 5 rings (SSSR count). The predicted octanol–water partition coefficient (Wildman–Crippen LogP) is 5.67. The van der Waals surface area contributed by atoms with Crippen molar-refractivity contribution in [1.29, 1.82) is 0 Å². The van der Waals surface area contributed by atoms with E-state index in [0.29, 0.717) is 22.5 Å². The van der Waals surface area contributed by atoms with Gasteiger partial charge in [0, 0.05) is 45.4 Å². The minimum absolute atomic E-state index is 0.146. The first-order valence-electron chi connectivity index (χ1n) is 10.1. The first kappa shape index (κ1) is 20.7. The number of H-pyrrole nitrogens is 1. The molecule has 0 aliphatic carbocycles. The fraction of sp³-hybridized carbons (Fsp3) is 0.0833. The molecule has 0 fully saturated rings. The number of hydrogen-bond acceptors (Lipinski definition) is 6. The standard InChI is InChI=1S/C24H18N4O4S/c1-14-13-27-19(8-9-21(29)17-12-25-18-6-4-3-5-16(17)18)23(26-24(27)33-14)15-7-10-22(32-2)20(11-15)28(30)31/h3-13,25H,1-2H3. The van der Waals surface area contributed by atoms with Crippen molar-refractivity contribution >= 4 is 44.7 Å². The van der Waals surface area contributed by atoms with Crippen molar-refractivity contribution in [2.75, 3.05) is 7.11 Å². The number of ether oxygens (including phenoxy) is 1. The number of nitrogens with one attached hydrogen (secondary N) is 1. The quantitative estimate of drug-likeness (QED) is 0.153. The van der Waals surface area contributed by atoms with Crippen LogP contribution >= 0.6 is 11.3 Å². The van der Waals surface area contributed by atoms with Crippen molar-refractivity contribution in [3.8, 4) is 17.0 Å². The van der Waals surface area contributed by atoms with Gasteiger partial charge in [0.05, 0.1) is 23.4 Å². The van der Waals surface area contributed by atoms with Crippen LogP contribution in [0.2, 0.25) is 0 Å². The van der Waals surface area contributed by atoms with Crippen LogP contribution in [0, 0.1) is 17.0 Å². The fourth-order valence-corrected chi connectivity index (χ4v) is 4.68. The monoisotopic (exact) mass is 458 g/mol. The lowest BCUT2D eigenvalue weighted by atomic mass is 10.1. The number of methoxy groups -OCH3 is 1. The topological polar surface area (TPSA) is 103 Å². The van der Waals surface area contributed by atoms with E-state index in [4.69, 9.17) is 9.72 Å². The molecule has 9 heteroatoms. The molecule has 164 valence electrons. The number of benzene rings is 2. The first-order valence-corrected chi connectivity index (χ1v) is 10.9. The number of aromatic nitrogens is 3. The predicted molar refractivity (Wildman–Crippen MR) is 128 cm³/mol.